The van der Waals surface area contributed by atoms with Gasteiger partial charge in [-0.05, 0) is 43.3 Å². The predicted molar refractivity (Wildman–Crippen MR) is 88.3 cm³/mol. The second-order valence-corrected chi connectivity index (χ2v) is 5.08. The van der Waals surface area contributed by atoms with Gasteiger partial charge in [-0.3, -0.25) is 4.79 Å². The topological polar surface area (TPSA) is 79.4 Å². The maximum Gasteiger partial charge on any atom is 0.277 e. The predicted octanol–water partition coefficient (Wildman–Crippen LogP) is 2.62. The van der Waals surface area contributed by atoms with Crippen molar-refractivity contribution in [3.8, 4) is 5.75 Å². The Balaban J connectivity index is 1.57. The number of fused-ring (bicyclic) bond motifs is 1. The molecule has 0 saturated heterocycles. The van der Waals surface area contributed by atoms with Crippen LogP contribution in [0.4, 0.5) is 4.39 Å². The quantitative estimate of drug-likeness (QED) is 0.559. The maximum absolute atomic E-state index is 12.8. The van der Waals surface area contributed by atoms with Gasteiger partial charge in [-0.1, -0.05) is 12.1 Å². The first-order chi connectivity index (χ1) is 11.6. The van der Waals surface area contributed by atoms with E-state index in [4.69, 9.17) is 4.74 Å². The molecule has 0 fully saturated rings. The van der Waals surface area contributed by atoms with Gasteiger partial charge < -0.3 is 9.72 Å². The highest BCUT2D eigenvalue weighted by molar-refractivity contribution is 5.98. The Morgan fingerprint density at radius 2 is 2.00 bits per heavy atom. The molecule has 0 aliphatic rings. The molecule has 0 aliphatic heterocycles. The molecule has 1 heterocycles. The number of nitrogens with zero attached hydrogens (tertiary/aromatic N) is 2. The van der Waals surface area contributed by atoms with E-state index >= 15 is 0 Å². The molecule has 2 aromatic carbocycles. The summed E-state index contributed by atoms with van der Waals surface area (Å²) < 4.78 is 18.0. The molecule has 0 radical (unpaired) electrons. The van der Waals surface area contributed by atoms with Crippen LogP contribution in [0, 0.1) is 5.82 Å². The number of aromatic amines is 1. The van der Waals surface area contributed by atoms with Crippen LogP contribution < -0.4 is 10.2 Å². The van der Waals surface area contributed by atoms with Crippen LogP contribution in [0.15, 0.2) is 53.6 Å². The van der Waals surface area contributed by atoms with Crippen molar-refractivity contribution < 1.29 is 13.9 Å². The minimum Gasteiger partial charge on any atom is -0.484 e. The fourth-order valence-electron chi connectivity index (χ4n) is 2.04. The summed E-state index contributed by atoms with van der Waals surface area (Å²) in [6.07, 6.45) is 0. The molecule has 2 N–H and O–H groups in total. The number of amides is 1. The summed E-state index contributed by atoms with van der Waals surface area (Å²) in [5, 5.41) is 4.00. The average Bonchev–Trinajstić information content (AvgIpc) is 3.03. The Hall–Kier alpha value is -3.22. The van der Waals surface area contributed by atoms with Crippen LogP contribution in [0.1, 0.15) is 12.7 Å². The molecular weight excluding hydrogens is 311 g/mol. The van der Waals surface area contributed by atoms with Crippen LogP contribution in [-0.2, 0) is 4.79 Å². The summed E-state index contributed by atoms with van der Waals surface area (Å²) >= 11 is 0. The highest BCUT2D eigenvalue weighted by atomic mass is 19.1. The Morgan fingerprint density at radius 1 is 1.25 bits per heavy atom. The second-order valence-electron chi connectivity index (χ2n) is 5.08. The van der Waals surface area contributed by atoms with Gasteiger partial charge in [0, 0.05) is 0 Å². The van der Waals surface area contributed by atoms with E-state index in [1.54, 1.807) is 6.92 Å². The van der Waals surface area contributed by atoms with Crippen molar-refractivity contribution in [1.82, 2.24) is 15.4 Å². The number of carbonyl (C=O) groups excluding carboxylic acids is 1. The van der Waals surface area contributed by atoms with Gasteiger partial charge in [-0.25, -0.2) is 14.8 Å². The molecule has 3 rings (SSSR count). The molecule has 0 spiro atoms. The standard InChI is InChI=1S/C17H15FN4O2/c1-11(17-19-14-4-2-3-5-15(14)20-17)21-22-16(23)10-24-13-8-6-12(18)7-9-13/h2-9H,10H2,1H3,(H,19,20)(H,22,23)/b21-11+. The number of hydrogen-bond acceptors (Lipinski definition) is 4. The Bertz CT molecular complexity index is 854. The second kappa shape index (κ2) is 6.91. The first-order valence-electron chi connectivity index (χ1n) is 7.28. The monoisotopic (exact) mass is 326 g/mol. The summed E-state index contributed by atoms with van der Waals surface area (Å²) in [5.74, 6) is 0.202. The molecule has 24 heavy (non-hydrogen) atoms. The first kappa shape index (κ1) is 15.7. The molecule has 0 unspecified atom stereocenters. The van der Waals surface area contributed by atoms with Gasteiger partial charge in [-0.15, -0.1) is 0 Å². The lowest BCUT2D eigenvalue weighted by atomic mass is 10.3. The number of aromatic nitrogens is 2. The lowest BCUT2D eigenvalue weighted by Crippen LogP contribution is -2.25. The summed E-state index contributed by atoms with van der Waals surface area (Å²) in [6, 6.07) is 13.0. The summed E-state index contributed by atoms with van der Waals surface area (Å²) in [6.45, 7) is 1.52. The van der Waals surface area contributed by atoms with E-state index in [1.807, 2.05) is 24.3 Å². The summed E-state index contributed by atoms with van der Waals surface area (Å²) in [7, 11) is 0. The fourth-order valence-corrected chi connectivity index (χ4v) is 2.04. The first-order valence-corrected chi connectivity index (χ1v) is 7.28. The number of rotatable bonds is 5. The van der Waals surface area contributed by atoms with Gasteiger partial charge in [0.2, 0.25) is 0 Å². The van der Waals surface area contributed by atoms with Crippen LogP contribution >= 0.6 is 0 Å². The third kappa shape index (κ3) is 3.75. The van der Waals surface area contributed by atoms with Gasteiger partial charge >= 0.3 is 0 Å². The number of carbonyl (C=O) groups is 1. The fraction of sp³-hybridized carbons (Fsp3) is 0.118. The molecule has 7 heteroatoms. The van der Waals surface area contributed by atoms with E-state index in [1.165, 1.54) is 24.3 Å². The molecule has 0 aliphatic carbocycles. The number of hydrogen-bond donors (Lipinski definition) is 2. The van der Waals surface area contributed by atoms with E-state index in [9.17, 15) is 9.18 Å². The third-order valence-corrected chi connectivity index (χ3v) is 3.26. The Kier molecular flexibility index (Phi) is 4.51. The molecule has 1 amide bonds. The number of para-hydroxylation sites is 2. The van der Waals surface area contributed by atoms with Crippen molar-refractivity contribution in [2.45, 2.75) is 6.92 Å². The number of nitrogens with one attached hydrogen (secondary N) is 2. The zero-order valence-electron chi connectivity index (χ0n) is 12.9. The molecule has 1 aromatic heterocycles. The largest absolute Gasteiger partial charge is 0.484 e. The lowest BCUT2D eigenvalue weighted by Gasteiger charge is -2.05. The average molecular weight is 326 g/mol. The van der Waals surface area contributed by atoms with Gasteiger partial charge in [0.25, 0.3) is 5.91 Å². The van der Waals surface area contributed by atoms with E-state index in [2.05, 4.69) is 20.5 Å². The highest BCUT2D eigenvalue weighted by Crippen LogP contribution is 2.11. The number of ether oxygens (including phenoxy) is 1. The molecule has 3 aromatic rings. The zero-order chi connectivity index (χ0) is 16.9. The molecule has 122 valence electrons. The summed E-state index contributed by atoms with van der Waals surface area (Å²) in [4.78, 5) is 19.3. The number of imidazole rings is 1. The minimum atomic E-state index is -0.421. The molecular formula is C17H15FN4O2. The van der Waals surface area contributed by atoms with Crippen LogP contribution in [-0.4, -0.2) is 28.2 Å². The minimum absolute atomic E-state index is 0.220. The van der Waals surface area contributed by atoms with Gasteiger partial charge in [0.1, 0.15) is 17.3 Å². The van der Waals surface area contributed by atoms with Crippen molar-refractivity contribution in [2.24, 2.45) is 5.10 Å². The van der Waals surface area contributed by atoms with Crippen molar-refractivity contribution in [1.29, 1.82) is 0 Å². The highest BCUT2D eigenvalue weighted by Gasteiger charge is 2.06. The van der Waals surface area contributed by atoms with Crippen molar-refractivity contribution in [3.63, 3.8) is 0 Å². The number of halogens is 1. The maximum atomic E-state index is 12.8. The van der Waals surface area contributed by atoms with Crippen LogP contribution in [0.5, 0.6) is 5.75 Å². The number of benzene rings is 2. The van der Waals surface area contributed by atoms with Gasteiger partial charge in [0.05, 0.1) is 11.0 Å². The van der Waals surface area contributed by atoms with Crippen molar-refractivity contribution in [3.05, 3.63) is 60.2 Å². The van der Waals surface area contributed by atoms with E-state index < -0.39 is 5.91 Å². The molecule has 0 saturated carbocycles. The Labute approximate surface area is 137 Å². The lowest BCUT2D eigenvalue weighted by molar-refractivity contribution is -0.123. The van der Waals surface area contributed by atoms with Crippen molar-refractivity contribution in [2.75, 3.05) is 6.61 Å². The van der Waals surface area contributed by atoms with Crippen LogP contribution in [0.25, 0.3) is 11.0 Å². The SMILES string of the molecule is C/C(=N\NC(=O)COc1ccc(F)cc1)c1nc2ccccc2[nH]1. The third-order valence-electron chi connectivity index (χ3n) is 3.26. The normalized spacial score (nSPS) is 11.5. The smallest absolute Gasteiger partial charge is 0.277 e. The number of hydrazone groups is 1. The molecule has 6 nitrogen and oxygen atoms in total. The van der Waals surface area contributed by atoms with Crippen molar-refractivity contribution >= 4 is 22.7 Å². The van der Waals surface area contributed by atoms with Gasteiger partial charge in [0.15, 0.2) is 12.4 Å². The zero-order valence-corrected chi connectivity index (χ0v) is 12.9. The molecule has 0 atom stereocenters. The van der Waals surface area contributed by atoms with Crippen LogP contribution in [0.2, 0.25) is 0 Å². The van der Waals surface area contributed by atoms with E-state index in [0.717, 1.165) is 11.0 Å². The molecule has 0 bridgehead atoms. The number of H-pyrrole nitrogens is 1. The van der Waals surface area contributed by atoms with E-state index in [0.29, 0.717) is 17.3 Å². The Morgan fingerprint density at radius 3 is 2.75 bits per heavy atom. The van der Waals surface area contributed by atoms with Gasteiger partial charge in [-0.2, -0.15) is 5.10 Å². The van der Waals surface area contributed by atoms with E-state index in [-0.39, 0.29) is 12.4 Å². The van der Waals surface area contributed by atoms with Crippen LogP contribution in [0.3, 0.4) is 0 Å². The summed E-state index contributed by atoms with van der Waals surface area (Å²) in [5.41, 5.74) is 4.66.